The number of benzene rings is 1. The minimum absolute atomic E-state index is 0.535. The van der Waals surface area contributed by atoms with E-state index in [1.165, 1.54) is 0 Å². The maximum Gasteiger partial charge on any atom is 0.310 e. The number of hydrogen-bond donors (Lipinski definition) is 1. The van der Waals surface area contributed by atoms with Gasteiger partial charge in [-0.1, -0.05) is 6.07 Å². The molecule has 0 saturated carbocycles. The Labute approximate surface area is 100 Å². The van der Waals surface area contributed by atoms with Crippen LogP contribution in [0.5, 0.6) is 11.5 Å². The number of aliphatic carboxylic acids is 1. The molecule has 4 heteroatoms. The molecule has 1 atom stereocenters. The van der Waals surface area contributed by atoms with Crippen molar-refractivity contribution in [3.63, 3.8) is 0 Å². The van der Waals surface area contributed by atoms with E-state index in [9.17, 15) is 4.79 Å². The van der Waals surface area contributed by atoms with E-state index in [4.69, 9.17) is 14.6 Å². The van der Waals surface area contributed by atoms with E-state index >= 15 is 0 Å². The maximum atomic E-state index is 11.0. The standard InChI is InChI=1S/C13H16O4/c1-8-10(9(2)13(14)15)4-5-11-12(8)17-7-3-6-16-11/h4-5,9H,3,6-7H2,1-2H3,(H,14,15). The minimum Gasteiger partial charge on any atom is -0.490 e. The third-order valence-electron chi connectivity index (χ3n) is 3.04. The Bertz CT molecular complexity index is 439. The summed E-state index contributed by atoms with van der Waals surface area (Å²) in [5.41, 5.74) is 1.64. The zero-order valence-electron chi connectivity index (χ0n) is 10.0. The molecule has 0 aliphatic carbocycles. The number of ether oxygens (including phenoxy) is 2. The van der Waals surface area contributed by atoms with Gasteiger partial charge in [0.25, 0.3) is 0 Å². The molecule has 1 aliphatic heterocycles. The first-order valence-corrected chi connectivity index (χ1v) is 5.73. The van der Waals surface area contributed by atoms with Gasteiger partial charge in [-0.2, -0.15) is 0 Å². The van der Waals surface area contributed by atoms with Crippen LogP contribution in [0.3, 0.4) is 0 Å². The largest absolute Gasteiger partial charge is 0.490 e. The van der Waals surface area contributed by atoms with E-state index in [1.807, 2.05) is 13.0 Å². The molecule has 1 heterocycles. The quantitative estimate of drug-likeness (QED) is 0.856. The summed E-state index contributed by atoms with van der Waals surface area (Å²) < 4.78 is 11.2. The van der Waals surface area contributed by atoms with Crippen molar-refractivity contribution in [3.8, 4) is 11.5 Å². The number of carboxylic acids is 1. The molecule has 0 bridgehead atoms. The Morgan fingerprint density at radius 1 is 1.35 bits per heavy atom. The van der Waals surface area contributed by atoms with E-state index in [-0.39, 0.29) is 0 Å². The van der Waals surface area contributed by atoms with E-state index in [2.05, 4.69) is 0 Å². The molecule has 17 heavy (non-hydrogen) atoms. The fraction of sp³-hybridized carbons (Fsp3) is 0.462. The van der Waals surface area contributed by atoms with Crippen molar-refractivity contribution in [1.29, 1.82) is 0 Å². The number of rotatable bonds is 2. The van der Waals surface area contributed by atoms with Crippen LogP contribution in [0.15, 0.2) is 12.1 Å². The Kier molecular flexibility index (Phi) is 3.22. The normalized spacial score (nSPS) is 16.1. The fourth-order valence-corrected chi connectivity index (χ4v) is 1.99. The summed E-state index contributed by atoms with van der Waals surface area (Å²) >= 11 is 0. The second kappa shape index (κ2) is 4.65. The lowest BCUT2D eigenvalue weighted by Crippen LogP contribution is -2.10. The molecule has 2 rings (SSSR count). The number of hydrogen-bond acceptors (Lipinski definition) is 3. The highest BCUT2D eigenvalue weighted by Crippen LogP contribution is 2.37. The van der Waals surface area contributed by atoms with Gasteiger partial charge in [0.05, 0.1) is 19.1 Å². The van der Waals surface area contributed by atoms with Gasteiger partial charge in [-0.25, -0.2) is 0 Å². The van der Waals surface area contributed by atoms with Gasteiger partial charge in [-0.05, 0) is 31.0 Å². The number of carbonyl (C=O) groups is 1. The van der Waals surface area contributed by atoms with Gasteiger partial charge in [0, 0.05) is 6.42 Å². The highest BCUT2D eigenvalue weighted by atomic mass is 16.5. The maximum absolute atomic E-state index is 11.0. The van der Waals surface area contributed by atoms with Gasteiger partial charge in [0.15, 0.2) is 11.5 Å². The van der Waals surface area contributed by atoms with Gasteiger partial charge in [0.2, 0.25) is 0 Å². The van der Waals surface area contributed by atoms with Crippen molar-refractivity contribution in [3.05, 3.63) is 23.3 Å². The predicted molar refractivity (Wildman–Crippen MR) is 62.8 cm³/mol. The summed E-state index contributed by atoms with van der Waals surface area (Å²) in [5, 5.41) is 9.05. The summed E-state index contributed by atoms with van der Waals surface area (Å²) in [7, 11) is 0. The van der Waals surface area contributed by atoms with Gasteiger partial charge in [0.1, 0.15) is 0 Å². The first kappa shape index (κ1) is 11.8. The molecular formula is C13H16O4. The highest BCUT2D eigenvalue weighted by Gasteiger charge is 2.21. The molecule has 0 fully saturated rings. The average molecular weight is 236 g/mol. The number of carboxylic acid groups (broad SMARTS) is 1. The van der Waals surface area contributed by atoms with Crippen molar-refractivity contribution in [2.45, 2.75) is 26.2 Å². The van der Waals surface area contributed by atoms with Crippen LogP contribution in [0.25, 0.3) is 0 Å². The lowest BCUT2D eigenvalue weighted by Gasteiger charge is -2.16. The van der Waals surface area contributed by atoms with Crippen LogP contribution in [0, 0.1) is 6.92 Å². The van der Waals surface area contributed by atoms with Crippen LogP contribution >= 0.6 is 0 Å². The van der Waals surface area contributed by atoms with Crippen molar-refractivity contribution >= 4 is 5.97 Å². The molecule has 92 valence electrons. The molecule has 1 aromatic rings. The smallest absolute Gasteiger partial charge is 0.310 e. The lowest BCUT2D eigenvalue weighted by molar-refractivity contribution is -0.138. The first-order valence-electron chi connectivity index (χ1n) is 5.73. The molecule has 4 nitrogen and oxygen atoms in total. The van der Waals surface area contributed by atoms with Gasteiger partial charge in [-0.15, -0.1) is 0 Å². The summed E-state index contributed by atoms with van der Waals surface area (Å²) in [4.78, 5) is 11.0. The molecule has 0 radical (unpaired) electrons. The molecule has 1 aliphatic rings. The van der Waals surface area contributed by atoms with Crippen LogP contribution in [0.1, 0.15) is 30.4 Å². The third-order valence-corrected chi connectivity index (χ3v) is 3.04. The van der Waals surface area contributed by atoms with Crippen LogP contribution < -0.4 is 9.47 Å². The Hall–Kier alpha value is -1.71. The SMILES string of the molecule is Cc1c(C(C)C(=O)O)ccc2c1OCCCO2. The summed E-state index contributed by atoms with van der Waals surface area (Å²) in [6.07, 6.45) is 0.845. The van der Waals surface area contributed by atoms with E-state index in [0.717, 1.165) is 17.5 Å². The van der Waals surface area contributed by atoms with Crippen molar-refractivity contribution < 1.29 is 19.4 Å². The average Bonchev–Trinajstić information content (AvgIpc) is 2.54. The fourth-order valence-electron chi connectivity index (χ4n) is 1.99. The number of fused-ring (bicyclic) bond motifs is 1. The van der Waals surface area contributed by atoms with E-state index in [0.29, 0.717) is 24.7 Å². The molecule has 1 unspecified atom stereocenters. The summed E-state index contributed by atoms with van der Waals surface area (Å²) in [5.74, 6) is 0.0317. The van der Waals surface area contributed by atoms with Gasteiger partial charge in [-0.3, -0.25) is 4.79 Å². The molecule has 1 aromatic carbocycles. The van der Waals surface area contributed by atoms with Gasteiger partial charge >= 0.3 is 5.97 Å². The first-order chi connectivity index (χ1) is 8.11. The molecule has 1 N–H and O–H groups in total. The Morgan fingerprint density at radius 2 is 2.06 bits per heavy atom. The third kappa shape index (κ3) is 2.20. The minimum atomic E-state index is -0.831. The van der Waals surface area contributed by atoms with Crippen molar-refractivity contribution in [1.82, 2.24) is 0 Å². The van der Waals surface area contributed by atoms with E-state index < -0.39 is 11.9 Å². The zero-order chi connectivity index (χ0) is 12.4. The molecule has 0 saturated heterocycles. The van der Waals surface area contributed by atoms with Crippen molar-refractivity contribution in [2.75, 3.05) is 13.2 Å². The van der Waals surface area contributed by atoms with Crippen LogP contribution in [-0.4, -0.2) is 24.3 Å². The molecular weight excluding hydrogens is 220 g/mol. The second-order valence-corrected chi connectivity index (χ2v) is 4.22. The molecule has 0 amide bonds. The van der Waals surface area contributed by atoms with Gasteiger partial charge < -0.3 is 14.6 Å². The Morgan fingerprint density at radius 3 is 2.76 bits per heavy atom. The highest BCUT2D eigenvalue weighted by molar-refractivity contribution is 5.76. The summed E-state index contributed by atoms with van der Waals surface area (Å²) in [6, 6.07) is 3.60. The molecule has 0 aromatic heterocycles. The summed E-state index contributed by atoms with van der Waals surface area (Å²) in [6.45, 7) is 4.80. The zero-order valence-corrected chi connectivity index (χ0v) is 10.0. The predicted octanol–water partition coefficient (Wildman–Crippen LogP) is 2.34. The monoisotopic (exact) mass is 236 g/mol. The molecule has 0 spiro atoms. The lowest BCUT2D eigenvalue weighted by atomic mass is 9.95. The van der Waals surface area contributed by atoms with Crippen molar-refractivity contribution in [2.24, 2.45) is 0 Å². The topological polar surface area (TPSA) is 55.8 Å². The van der Waals surface area contributed by atoms with Crippen LogP contribution in [0.2, 0.25) is 0 Å². The van der Waals surface area contributed by atoms with E-state index in [1.54, 1.807) is 13.0 Å². The van der Waals surface area contributed by atoms with Crippen LogP contribution in [-0.2, 0) is 4.79 Å². The van der Waals surface area contributed by atoms with Crippen LogP contribution in [0.4, 0.5) is 0 Å². The second-order valence-electron chi connectivity index (χ2n) is 4.22. The Balaban J connectivity index is 2.44.